The molecule has 1 N–H and O–H groups in total. The molecule has 2 rings (SSSR count). The van der Waals surface area contributed by atoms with Gasteiger partial charge < -0.3 is 9.73 Å². The van der Waals surface area contributed by atoms with Crippen molar-refractivity contribution in [1.29, 1.82) is 0 Å². The highest BCUT2D eigenvalue weighted by molar-refractivity contribution is 5.81. The fraction of sp³-hybridized carbons (Fsp3) is 0.579. The maximum absolute atomic E-state index is 6.28. The molecule has 0 aliphatic heterocycles. The van der Waals surface area contributed by atoms with E-state index in [1.807, 2.05) is 0 Å². The number of benzene rings is 1. The Morgan fingerprint density at radius 2 is 1.90 bits per heavy atom. The van der Waals surface area contributed by atoms with Crippen molar-refractivity contribution in [2.24, 2.45) is 5.41 Å². The smallest absolute Gasteiger partial charge is 0.137 e. The summed E-state index contributed by atoms with van der Waals surface area (Å²) in [6.07, 6.45) is 1.13. The third-order valence-corrected chi connectivity index (χ3v) is 3.96. The predicted molar refractivity (Wildman–Crippen MR) is 90.8 cm³/mol. The molecule has 0 amide bonds. The first-order valence-electron chi connectivity index (χ1n) is 8.10. The lowest BCUT2D eigenvalue weighted by Gasteiger charge is -2.30. The van der Waals surface area contributed by atoms with Crippen LogP contribution in [0, 0.1) is 5.41 Å². The first kappa shape index (κ1) is 16.1. The fourth-order valence-corrected chi connectivity index (χ4v) is 2.82. The van der Waals surface area contributed by atoms with E-state index in [1.54, 1.807) is 0 Å². The van der Waals surface area contributed by atoms with Gasteiger partial charge in [-0.2, -0.15) is 0 Å². The van der Waals surface area contributed by atoms with Crippen LogP contribution in [0.5, 0.6) is 0 Å². The molecule has 2 heteroatoms. The van der Waals surface area contributed by atoms with E-state index in [9.17, 15) is 0 Å². The summed E-state index contributed by atoms with van der Waals surface area (Å²) in [6.45, 7) is 14.4. The van der Waals surface area contributed by atoms with Gasteiger partial charge in [0, 0.05) is 5.39 Å². The summed E-state index contributed by atoms with van der Waals surface area (Å²) >= 11 is 0. The monoisotopic (exact) mass is 287 g/mol. The Morgan fingerprint density at radius 3 is 2.48 bits per heavy atom. The quantitative estimate of drug-likeness (QED) is 0.769. The van der Waals surface area contributed by atoms with E-state index in [0.717, 1.165) is 24.3 Å². The molecular weight excluding hydrogens is 258 g/mol. The molecule has 0 saturated heterocycles. The van der Waals surface area contributed by atoms with E-state index < -0.39 is 0 Å². The minimum absolute atomic E-state index is 0.126. The van der Waals surface area contributed by atoms with Crippen molar-refractivity contribution in [3.05, 3.63) is 35.6 Å². The highest BCUT2D eigenvalue weighted by Crippen LogP contribution is 2.37. The molecule has 2 nitrogen and oxygen atoms in total. The van der Waals surface area contributed by atoms with E-state index in [1.165, 1.54) is 10.9 Å². The van der Waals surface area contributed by atoms with Crippen molar-refractivity contribution in [2.45, 2.75) is 59.9 Å². The van der Waals surface area contributed by atoms with Crippen LogP contribution >= 0.6 is 0 Å². The summed E-state index contributed by atoms with van der Waals surface area (Å²) in [5.41, 5.74) is 2.47. The number of rotatable bonds is 5. The molecule has 1 unspecified atom stereocenters. The second-order valence-electron chi connectivity index (χ2n) is 7.32. The van der Waals surface area contributed by atoms with Crippen LogP contribution in [0.2, 0.25) is 0 Å². The molecule has 0 aliphatic carbocycles. The maximum Gasteiger partial charge on any atom is 0.137 e. The fourth-order valence-electron chi connectivity index (χ4n) is 2.82. The topological polar surface area (TPSA) is 25.2 Å². The minimum Gasteiger partial charge on any atom is -0.459 e. The van der Waals surface area contributed by atoms with E-state index in [0.29, 0.717) is 5.92 Å². The third-order valence-electron chi connectivity index (χ3n) is 3.96. The van der Waals surface area contributed by atoms with E-state index in [2.05, 4.69) is 71.1 Å². The second-order valence-corrected chi connectivity index (χ2v) is 7.32. The summed E-state index contributed by atoms with van der Waals surface area (Å²) in [4.78, 5) is 0. The molecule has 0 bridgehead atoms. The molecule has 0 spiro atoms. The van der Waals surface area contributed by atoms with Crippen LogP contribution in [-0.2, 0) is 0 Å². The standard InChI is InChI=1S/C19H29NO/c1-7-11-20-18(19(4,5)6)16-12-14-9-8-10-15(13(2)3)17(14)21-16/h8-10,12-13,18,20H,7,11H2,1-6H3. The Hall–Kier alpha value is -1.28. The van der Waals surface area contributed by atoms with E-state index >= 15 is 0 Å². The SMILES string of the molecule is CCCNC(c1cc2cccc(C(C)C)c2o1)C(C)(C)C. The Kier molecular flexibility index (Phi) is 4.77. The van der Waals surface area contributed by atoms with Crippen LogP contribution in [0.25, 0.3) is 11.0 Å². The molecule has 1 aromatic carbocycles. The summed E-state index contributed by atoms with van der Waals surface area (Å²) in [7, 11) is 0. The first-order valence-corrected chi connectivity index (χ1v) is 8.10. The minimum atomic E-state index is 0.126. The molecule has 21 heavy (non-hydrogen) atoms. The second kappa shape index (κ2) is 6.23. The van der Waals surface area contributed by atoms with Crippen LogP contribution in [0.3, 0.4) is 0 Å². The first-order chi connectivity index (χ1) is 9.84. The van der Waals surface area contributed by atoms with Gasteiger partial charge in [-0.25, -0.2) is 0 Å². The van der Waals surface area contributed by atoms with Gasteiger partial charge in [0.05, 0.1) is 6.04 Å². The molecule has 0 radical (unpaired) electrons. The Morgan fingerprint density at radius 1 is 1.19 bits per heavy atom. The average molecular weight is 287 g/mol. The molecule has 1 heterocycles. The molecule has 116 valence electrons. The summed E-state index contributed by atoms with van der Waals surface area (Å²) in [6, 6.07) is 8.90. The van der Waals surface area contributed by atoms with Crippen molar-refractivity contribution in [1.82, 2.24) is 5.32 Å². The van der Waals surface area contributed by atoms with Gasteiger partial charge in [-0.15, -0.1) is 0 Å². The number of para-hydroxylation sites is 1. The Labute approximate surface area is 128 Å². The lowest BCUT2D eigenvalue weighted by atomic mass is 9.85. The zero-order valence-electron chi connectivity index (χ0n) is 14.3. The van der Waals surface area contributed by atoms with Gasteiger partial charge >= 0.3 is 0 Å². The number of hydrogen-bond donors (Lipinski definition) is 1. The zero-order valence-corrected chi connectivity index (χ0v) is 14.3. The molecule has 1 atom stereocenters. The van der Waals surface area contributed by atoms with Crippen molar-refractivity contribution >= 4 is 11.0 Å². The van der Waals surface area contributed by atoms with Crippen molar-refractivity contribution in [3.63, 3.8) is 0 Å². The predicted octanol–water partition coefficient (Wildman–Crippen LogP) is 5.64. The van der Waals surface area contributed by atoms with Gasteiger partial charge in [0.1, 0.15) is 11.3 Å². The average Bonchev–Trinajstić information content (AvgIpc) is 2.80. The van der Waals surface area contributed by atoms with Crippen LogP contribution in [-0.4, -0.2) is 6.54 Å². The lowest BCUT2D eigenvalue weighted by Crippen LogP contribution is -2.32. The van der Waals surface area contributed by atoms with Gasteiger partial charge in [0.25, 0.3) is 0 Å². The maximum atomic E-state index is 6.28. The van der Waals surface area contributed by atoms with Gasteiger partial charge in [-0.3, -0.25) is 0 Å². The molecular formula is C19H29NO. The summed E-state index contributed by atoms with van der Waals surface area (Å²) < 4.78 is 6.28. The number of furan rings is 1. The van der Waals surface area contributed by atoms with E-state index in [-0.39, 0.29) is 11.5 Å². The largest absolute Gasteiger partial charge is 0.459 e. The van der Waals surface area contributed by atoms with Gasteiger partial charge in [0.2, 0.25) is 0 Å². The Balaban J connectivity index is 2.47. The van der Waals surface area contributed by atoms with Gasteiger partial charge in [-0.1, -0.05) is 59.7 Å². The van der Waals surface area contributed by atoms with E-state index in [4.69, 9.17) is 4.42 Å². The lowest BCUT2D eigenvalue weighted by molar-refractivity contribution is 0.241. The van der Waals surface area contributed by atoms with Crippen molar-refractivity contribution in [3.8, 4) is 0 Å². The number of nitrogens with one attached hydrogen (secondary N) is 1. The molecule has 0 saturated carbocycles. The van der Waals surface area contributed by atoms with Crippen LogP contribution in [0.15, 0.2) is 28.7 Å². The highest BCUT2D eigenvalue weighted by Gasteiger charge is 2.29. The van der Waals surface area contributed by atoms with Crippen LogP contribution in [0.1, 0.15) is 71.2 Å². The van der Waals surface area contributed by atoms with Crippen molar-refractivity contribution < 1.29 is 4.42 Å². The molecule has 1 aromatic heterocycles. The Bertz CT molecular complexity index is 589. The number of hydrogen-bond acceptors (Lipinski definition) is 2. The molecule has 0 aliphatic rings. The van der Waals surface area contributed by atoms with Gasteiger partial charge in [-0.05, 0) is 35.9 Å². The van der Waals surface area contributed by atoms with Crippen molar-refractivity contribution in [2.75, 3.05) is 6.54 Å². The molecule has 0 fully saturated rings. The van der Waals surface area contributed by atoms with Crippen LogP contribution < -0.4 is 5.32 Å². The summed E-state index contributed by atoms with van der Waals surface area (Å²) in [5, 5.41) is 4.85. The normalized spacial score (nSPS) is 14.0. The third kappa shape index (κ3) is 3.49. The van der Waals surface area contributed by atoms with Gasteiger partial charge in [0.15, 0.2) is 0 Å². The number of fused-ring (bicyclic) bond motifs is 1. The highest BCUT2D eigenvalue weighted by atomic mass is 16.3. The zero-order chi connectivity index (χ0) is 15.6. The van der Waals surface area contributed by atoms with Crippen LogP contribution in [0.4, 0.5) is 0 Å². The summed E-state index contributed by atoms with van der Waals surface area (Å²) in [5.74, 6) is 1.53. The molecule has 2 aromatic rings.